The smallest absolute Gasteiger partial charge is 0.0130 e. The van der Waals surface area contributed by atoms with Gasteiger partial charge in [0.25, 0.3) is 0 Å². The Kier molecular flexibility index (Phi) is 4.63. The van der Waals surface area contributed by atoms with E-state index < -0.39 is 0 Å². The third-order valence-corrected chi connectivity index (χ3v) is 1.45. The van der Waals surface area contributed by atoms with Crippen LogP contribution >= 0.6 is 22.6 Å². The van der Waals surface area contributed by atoms with Crippen LogP contribution in [0.1, 0.15) is 0 Å². The zero-order valence-electron chi connectivity index (χ0n) is 4.17. The molecule has 1 rings (SSSR count). The summed E-state index contributed by atoms with van der Waals surface area (Å²) in [6.45, 7) is 0. The van der Waals surface area contributed by atoms with E-state index in [4.69, 9.17) is 0 Å². The minimum Gasteiger partial charge on any atom is -0.0622 e. The molecular formula is C6H5CrI. The molecule has 0 aliphatic heterocycles. The van der Waals surface area contributed by atoms with Gasteiger partial charge in [-0.15, -0.1) is 0 Å². The quantitative estimate of drug-likeness (QED) is 0.625. The van der Waals surface area contributed by atoms with E-state index in [2.05, 4.69) is 34.7 Å². The van der Waals surface area contributed by atoms with Gasteiger partial charge in [0, 0.05) is 20.9 Å². The van der Waals surface area contributed by atoms with Crippen LogP contribution in [0.4, 0.5) is 0 Å². The van der Waals surface area contributed by atoms with Crippen molar-refractivity contribution in [3.05, 3.63) is 33.9 Å². The zero-order valence-corrected chi connectivity index (χ0v) is 7.61. The Labute approximate surface area is 73.6 Å². The molecule has 0 atom stereocenters. The Balaban J connectivity index is 0.000000490. The molecule has 1 aromatic carbocycles. The molecule has 0 spiro atoms. The summed E-state index contributed by atoms with van der Waals surface area (Å²) in [6, 6.07) is 10.2. The van der Waals surface area contributed by atoms with Crippen LogP contribution in [0.3, 0.4) is 0 Å². The van der Waals surface area contributed by atoms with E-state index >= 15 is 0 Å². The average Bonchev–Trinajstić information content (AvgIpc) is 1.69. The normalized spacial score (nSPS) is 7.62. The predicted octanol–water partition coefficient (Wildman–Crippen LogP) is 2.29. The summed E-state index contributed by atoms with van der Waals surface area (Å²) >= 11 is 2.28. The van der Waals surface area contributed by atoms with E-state index in [0.717, 1.165) is 0 Å². The first-order chi connectivity index (χ1) is 3.39. The summed E-state index contributed by atoms with van der Waals surface area (Å²) in [5.41, 5.74) is 0. The van der Waals surface area contributed by atoms with Gasteiger partial charge in [-0.3, -0.25) is 0 Å². The molecule has 0 heterocycles. The van der Waals surface area contributed by atoms with Crippen molar-refractivity contribution in [1.82, 2.24) is 0 Å². The van der Waals surface area contributed by atoms with Gasteiger partial charge < -0.3 is 0 Å². The molecule has 0 aliphatic rings. The van der Waals surface area contributed by atoms with Crippen molar-refractivity contribution in [3.63, 3.8) is 0 Å². The van der Waals surface area contributed by atoms with E-state index in [1.165, 1.54) is 3.57 Å². The van der Waals surface area contributed by atoms with Gasteiger partial charge in [-0.25, -0.2) is 0 Å². The minimum atomic E-state index is 0. The minimum absolute atomic E-state index is 0. The first-order valence-corrected chi connectivity index (χ1v) is 3.18. The Morgan fingerprint density at radius 1 is 1.00 bits per heavy atom. The van der Waals surface area contributed by atoms with Crippen LogP contribution in [0.5, 0.6) is 0 Å². The van der Waals surface area contributed by atoms with Gasteiger partial charge in [-0.1, -0.05) is 18.2 Å². The van der Waals surface area contributed by atoms with Gasteiger partial charge >= 0.3 is 0 Å². The SMILES string of the molecule is Ic1ccccc1.[Cr]. The van der Waals surface area contributed by atoms with Gasteiger partial charge in [0.2, 0.25) is 0 Å². The Morgan fingerprint density at radius 2 is 1.50 bits per heavy atom. The number of rotatable bonds is 0. The third kappa shape index (κ3) is 2.71. The topological polar surface area (TPSA) is 0 Å². The molecule has 0 bridgehead atoms. The standard InChI is InChI=1S/C6H5I.Cr/c7-6-4-2-1-3-5-6;/h1-5H;. The number of halogens is 1. The van der Waals surface area contributed by atoms with Crippen molar-refractivity contribution in [2.45, 2.75) is 0 Å². The Bertz CT molecular complexity index is 138. The van der Waals surface area contributed by atoms with Gasteiger partial charge in [-0.2, -0.15) is 0 Å². The van der Waals surface area contributed by atoms with Crippen molar-refractivity contribution in [1.29, 1.82) is 0 Å². The summed E-state index contributed by atoms with van der Waals surface area (Å²) in [5, 5.41) is 0. The van der Waals surface area contributed by atoms with E-state index in [-0.39, 0.29) is 17.4 Å². The van der Waals surface area contributed by atoms with E-state index in [0.29, 0.717) is 0 Å². The molecule has 0 saturated heterocycles. The summed E-state index contributed by atoms with van der Waals surface area (Å²) < 4.78 is 1.29. The van der Waals surface area contributed by atoms with E-state index in [1.54, 1.807) is 0 Å². The molecular weight excluding hydrogens is 251 g/mol. The van der Waals surface area contributed by atoms with Crippen LogP contribution < -0.4 is 0 Å². The number of hydrogen-bond donors (Lipinski definition) is 0. The molecule has 0 amide bonds. The van der Waals surface area contributed by atoms with Gasteiger partial charge in [0.1, 0.15) is 0 Å². The van der Waals surface area contributed by atoms with Gasteiger partial charge in [0.15, 0.2) is 0 Å². The Hall–Kier alpha value is 0.482. The summed E-state index contributed by atoms with van der Waals surface area (Å²) in [7, 11) is 0. The monoisotopic (exact) mass is 256 g/mol. The maximum absolute atomic E-state index is 2.28. The van der Waals surface area contributed by atoms with Crippen molar-refractivity contribution >= 4 is 22.6 Å². The molecule has 0 unspecified atom stereocenters. The van der Waals surface area contributed by atoms with E-state index in [1.807, 2.05) is 18.2 Å². The van der Waals surface area contributed by atoms with Crippen LogP contribution in [0.15, 0.2) is 30.3 Å². The number of hydrogen-bond acceptors (Lipinski definition) is 0. The fourth-order valence-electron chi connectivity index (χ4n) is 0.415. The maximum atomic E-state index is 2.28. The summed E-state index contributed by atoms with van der Waals surface area (Å²) in [6.07, 6.45) is 0. The molecule has 0 saturated carbocycles. The van der Waals surface area contributed by atoms with Crippen LogP contribution in [0.2, 0.25) is 0 Å². The Morgan fingerprint density at radius 3 is 1.75 bits per heavy atom. The maximum Gasteiger partial charge on any atom is 0.0130 e. The predicted molar refractivity (Wildman–Crippen MR) is 39.2 cm³/mol. The molecule has 0 aromatic heterocycles. The first kappa shape index (κ1) is 8.48. The number of benzene rings is 1. The molecule has 42 valence electrons. The molecule has 0 aliphatic carbocycles. The van der Waals surface area contributed by atoms with Gasteiger partial charge in [-0.05, 0) is 34.7 Å². The largest absolute Gasteiger partial charge is 0.0622 e. The molecule has 0 radical (unpaired) electrons. The second kappa shape index (κ2) is 4.37. The van der Waals surface area contributed by atoms with Crippen molar-refractivity contribution in [2.75, 3.05) is 0 Å². The van der Waals surface area contributed by atoms with Crippen LogP contribution in [0.25, 0.3) is 0 Å². The molecule has 1 aromatic rings. The molecule has 2 heteroatoms. The van der Waals surface area contributed by atoms with Crippen molar-refractivity contribution in [3.8, 4) is 0 Å². The molecule has 0 fully saturated rings. The second-order valence-electron chi connectivity index (χ2n) is 1.30. The van der Waals surface area contributed by atoms with E-state index in [9.17, 15) is 0 Å². The molecule has 0 nitrogen and oxygen atoms in total. The molecule has 0 N–H and O–H groups in total. The second-order valence-corrected chi connectivity index (χ2v) is 2.54. The fourth-order valence-corrected chi connectivity index (χ4v) is 0.830. The molecule has 8 heavy (non-hydrogen) atoms. The first-order valence-electron chi connectivity index (χ1n) is 2.10. The van der Waals surface area contributed by atoms with Crippen LogP contribution in [-0.2, 0) is 17.4 Å². The van der Waals surface area contributed by atoms with Crippen LogP contribution in [0, 0.1) is 3.57 Å². The summed E-state index contributed by atoms with van der Waals surface area (Å²) in [4.78, 5) is 0. The fraction of sp³-hybridized carbons (Fsp3) is 0. The average molecular weight is 256 g/mol. The van der Waals surface area contributed by atoms with Crippen LogP contribution in [-0.4, -0.2) is 0 Å². The zero-order chi connectivity index (χ0) is 5.11. The van der Waals surface area contributed by atoms with Crippen molar-refractivity contribution in [2.24, 2.45) is 0 Å². The summed E-state index contributed by atoms with van der Waals surface area (Å²) in [5.74, 6) is 0. The third-order valence-electron chi connectivity index (χ3n) is 0.733. The van der Waals surface area contributed by atoms with Gasteiger partial charge in [0.05, 0.1) is 0 Å². The van der Waals surface area contributed by atoms with Crippen molar-refractivity contribution < 1.29 is 17.4 Å².